The standard InChI is InChI=1S/C16H24N2S.C2H6/c1-6-11-10-16(3,7-2)18-15-13(11)8-12(17-4)9-14(15)19-5;1-2/h8-9,11H,6-7,10H2,1-5H3;1-2H3. The van der Waals surface area contributed by atoms with Gasteiger partial charge in [0.2, 0.25) is 0 Å². The molecule has 0 spiro atoms. The lowest BCUT2D eigenvalue weighted by Gasteiger charge is -2.38. The van der Waals surface area contributed by atoms with E-state index in [-0.39, 0.29) is 5.54 Å². The summed E-state index contributed by atoms with van der Waals surface area (Å²) in [5.41, 5.74) is 3.81. The highest BCUT2D eigenvalue weighted by atomic mass is 32.2. The molecular formula is C18H30N2S. The molecule has 2 unspecified atom stereocenters. The highest BCUT2D eigenvalue weighted by Gasteiger charge is 2.36. The number of hydrogen-bond acceptors (Lipinski definition) is 3. The molecule has 21 heavy (non-hydrogen) atoms. The van der Waals surface area contributed by atoms with Crippen molar-refractivity contribution in [3.05, 3.63) is 22.6 Å². The van der Waals surface area contributed by atoms with E-state index in [4.69, 9.17) is 4.99 Å². The zero-order chi connectivity index (χ0) is 16.0. The third kappa shape index (κ3) is 3.88. The highest BCUT2D eigenvalue weighted by molar-refractivity contribution is 8.03. The molecular weight excluding hydrogens is 276 g/mol. The molecule has 2 rings (SSSR count). The Balaban J connectivity index is 0.00000106. The Labute approximate surface area is 134 Å². The van der Waals surface area contributed by atoms with Crippen molar-refractivity contribution in [3.63, 3.8) is 0 Å². The van der Waals surface area contributed by atoms with Crippen molar-refractivity contribution in [2.45, 2.75) is 59.4 Å². The van der Waals surface area contributed by atoms with E-state index in [9.17, 15) is 0 Å². The minimum atomic E-state index is 0.100. The van der Waals surface area contributed by atoms with Gasteiger partial charge in [-0.15, -0.1) is 11.8 Å². The fourth-order valence-corrected chi connectivity index (χ4v) is 3.47. The van der Waals surface area contributed by atoms with Gasteiger partial charge in [-0.3, -0.25) is 9.98 Å². The van der Waals surface area contributed by atoms with E-state index in [1.165, 1.54) is 22.6 Å². The van der Waals surface area contributed by atoms with Crippen molar-refractivity contribution in [2.24, 2.45) is 15.9 Å². The van der Waals surface area contributed by atoms with E-state index in [1.807, 2.05) is 20.9 Å². The SMILES string of the molecule is CC.CCC1CC(C)(CC)N=C2C(SC)=CC(=NC)C=C21. The van der Waals surface area contributed by atoms with Gasteiger partial charge in [0.1, 0.15) is 0 Å². The lowest BCUT2D eigenvalue weighted by molar-refractivity contribution is 0.345. The van der Waals surface area contributed by atoms with Crippen LogP contribution in [0.2, 0.25) is 0 Å². The number of fused-ring (bicyclic) bond motifs is 1. The largest absolute Gasteiger partial charge is 0.289 e. The van der Waals surface area contributed by atoms with Crippen molar-refractivity contribution in [1.29, 1.82) is 0 Å². The van der Waals surface area contributed by atoms with Crippen molar-refractivity contribution in [3.8, 4) is 0 Å². The second-order valence-electron chi connectivity index (χ2n) is 5.58. The summed E-state index contributed by atoms with van der Waals surface area (Å²) in [6.07, 6.45) is 9.98. The van der Waals surface area contributed by atoms with Gasteiger partial charge < -0.3 is 0 Å². The molecule has 118 valence electrons. The lowest BCUT2D eigenvalue weighted by Crippen LogP contribution is -2.36. The third-order valence-electron chi connectivity index (χ3n) is 4.33. The quantitative estimate of drug-likeness (QED) is 0.648. The van der Waals surface area contributed by atoms with Crippen LogP contribution in [0.5, 0.6) is 0 Å². The fourth-order valence-electron chi connectivity index (χ4n) is 2.87. The van der Waals surface area contributed by atoms with Crippen molar-refractivity contribution in [2.75, 3.05) is 13.3 Å². The first kappa shape index (κ1) is 18.2. The van der Waals surface area contributed by atoms with E-state index in [2.05, 4.69) is 44.2 Å². The molecule has 1 aliphatic carbocycles. The Kier molecular flexibility index (Phi) is 6.92. The Morgan fingerprint density at radius 2 is 2.00 bits per heavy atom. The van der Waals surface area contributed by atoms with Gasteiger partial charge in [0.05, 0.1) is 17.0 Å². The Bertz CT molecular complexity index is 485. The predicted octanol–water partition coefficient (Wildman–Crippen LogP) is 5.31. The molecule has 0 aromatic heterocycles. The van der Waals surface area contributed by atoms with Crippen LogP contribution in [-0.2, 0) is 0 Å². The summed E-state index contributed by atoms with van der Waals surface area (Å²) in [7, 11) is 1.86. The molecule has 0 N–H and O–H groups in total. The maximum atomic E-state index is 5.08. The Morgan fingerprint density at radius 1 is 1.33 bits per heavy atom. The molecule has 0 saturated carbocycles. The van der Waals surface area contributed by atoms with Gasteiger partial charge in [0.25, 0.3) is 0 Å². The molecule has 0 aromatic rings. The zero-order valence-corrected chi connectivity index (χ0v) is 15.5. The van der Waals surface area contributed by atoms with E-state index >= 15 is 0 Å². The number of thioether (sulfide) groups is 1. The normalized spacial score (nSPS) is 29.8. The third-order valence-corrected chi connectivity index (χ3v) is 5.08. The first-order chi connectivity index (χ1) is 10.1. The average Bonchev–Trinajstić information content (AvgIpc) is 2.55. The number of aliphatic imine (C=N–C) groups is 2. The molecule has 0 aromatic carbocycles. The number of rotatable bonds is 3. The van der Waals surface area contributed by atoms with Gasteiger partial charge in [-0.2, -0.15) is 0 Å². The Hall–Kier alpha value is -0.830. The predicted molar refractivity (Wildman–Crippen MR) is 98.9 cm³/mol. The molecule has 0 saturated heterocycles. The molecule has 2 aliphatic rings. The maximum Gasteiger partial charge on any atom is 0.0753 e. The molecule has 2 atom stereocenters. The second-order valence-corrected chi connectivity index (χ2v) is 6.43. The highest BCUT2D eigenvalue weighted by Crippen LogP contribution is 2.41. The summed E-state index contributed by atoms with van der Waals surface area (Å²) in [4.78, 5) is 10.7. The van der Waals surface area contributed by atoms with Gasteiger partial charge in [0.15, 0.2) is 0 Å². The van der Waals surface area contributed by atoms with Crippen LogP contribution in [0.1, 0.15) is 53.9 Å². The van der Waals surface area contributed by atoms with E-state index in [0.29, 0.717) is 5.92 Å². The summed E-state index contributed by atoms with van der Waals surface area (Å²) >= 11 is 1.78. The van der Waals surface area contributed by atoms with Crippen LogP contribution in [0.4, 0.5) is 0 Å². The second kappa shape index (κ2) is 7.98. The average molecular weight is 307 g/mol. The van der Waals surface area contributed by atoms with Crippen LogP contribution in [0.15, 0.2) is 32.6 Å². The van der Waals surface area contributed by atoms with Gasteiger partial charge >= 0.3 is 0 Å². The van der Waals surface area contributed by atoms with Gasteiger partial charge in [-0.1, -0.05) is 27.7 Å². The topological polar surface area (TPSA) is 24.7 Å². The lowest BCUT2D eigenvalue weighted by atomic mass is 9.75. The first-order valence-corrected chi connectivity index (χ1v) is 9.34. The summed E-state index contributed by atoms with van der Waals surface area (Å²) in [5, 5.41) is 0. The fraction of sp³-hybridized carbons (Fsp3) is 0.667. The van der Waals surface area contributed by atoms with Crippen LogP contribution >= 0.6 is 11.8 Å². The number of nitrogens with zero attached hydrogens (tertiary/aromatic N) is 2. The molecule has 0 fully saturated rings. The summed E-state index contributed by atoms with van der Waals surface area (Å²) in [6, 6.07) is 0. The van der Waals surface area contributed by atoms with Crippen LogP contribution in [-0.4, -0.2) is 30.3 Å². The molecule has 1 aliphatic heterocycles. The maximum absolute atomic E-state index is 5.08. The van der Waals surface area contributed by atoms with E-state index < -0.39 is 0 Å². The monoisotopic (exact) mass is 306 g/mol. The van der Waals surface area contributed by atoms with Crippen LogP contribution in [0.25, 0.3) is 0 Å². The van der Waals surface area contributed by atoms with Gasteiger partial charge in [0, 0.05) is 12.0 Å². The minimum Gasteiger partial charge on any atom is -0.289 e. The van der Waals surface area contributed by atoms with Crippen LogP contribution < -0.4 is 0 Å². The number of allylic oxidation sites excluding steroid dienone is 4. The molecule has 3 heteroatoms. The van der Waals surface area contributed by atoms with E-state index in [0.717, 1.165) is 18.6 Å². The zero-order valence-electron chi connectivity index (χ0n) is 14.7. The summed E-state index contributed by atoms with van der Waals surface area (Å²) in [6.45, 7) is 10.8. The van der Waals surface area contributed by atoms with Crippen molar-refractivity contribution in [1.82, 2.24) is 0 Å². The number of hydrogen-bond donors (Lipinski definition) is 0. The molecule has 0 bridgehead atoms. The Morgan fingerprint density at radius 3 is 2.48 bits per heavy atom. The smallest absolute Gasteiger partial charge is 0.0753 e. The summed E-state index contributed by atoms with van der Waals surface area (Å²) in [5.74, 6) is 0.616. The van der Waals surface area contributed by atoms with Gasteiger partial charge in [-0.05, 0) is 56.1 Å². The molecule has 0 radical (unpaired) electrons. The first-order valence-electron chi connectivity index (χ1n) is 8.11. The van der Waals surface area contributed by atoms with Crippen molar-refractivity contribution >= 4 is 23.2 Å². The van der Waals surface area contributed by atoms with Gasteiger partial charge in [-0.25, -0.2) is 0 Å². The summed E-state index contributed by atoms with van der Waals surface area (Å²) < 4.78 is 0. The minimum absolute atomic E-state index is 0.100. The van der Waals surface area contributed by atoms with Crippen LogP contribution in [0.3, 0.4) is 0 Å². The molecule has 0 amide bonds. The van der Waals surface area contributed by atoms with Crippen molar-refractivity contribution < 1.29 is 0 Å². The molecule has 1 heterocycles. The van der Waals surface area contributed by atoms with Crippen LogP contribution in [0, 0.1) is 5.92 Å². The van der Waals surface area contributed by atoms with E-state index in [1.54, 1.807) is 11.8 Å². The molecule has 2 nitrogen and oxygen atoms in total.